The lowest BCUT2D eigenvalue weighted by molar-refractivity contribution is -0.141. The maximum absolute atomic E-state index is 10.6. The van der Waals surface area contributed by atoms with E-state index < -0.39 is 5.97 Å². The Labute approximate surface area is 78.2 Å². The Morgan fingerprint density at radius 2 is 1.92 bits per heavy atom. The van der Waals surface area contributed by atoms with Gasteiger partial charge in [0, 0.05) is 0 Å². The molecule has 1 aromatic rings. The van der Waals surface area contributed by atoms with Gasteiger partial charge in [-0.3, -0.25) is 4.79 Å². The first kappa shape index (κ1) is 9.78. The quantitative estimate of drug-likeness (QED) is 0.770. The summed E-state index contributed by atoms with van der Waals surface area (Å²) in [5.74, 6) is -1.04. The molecule has 0 fully saturated rings. The van der Waals surface area contributed by atoms with Gasteiger partial charge in [-0.05, 0) is 18.9 Å². The van der Waals surface area contributed by atoms with E-state index in [1.54, 1.807) is 6.92 Å². The van der Waals surface area contributed by atoms with E-state index in [1.807, 2.05) is 31.2 Å². The van der Waals surface area contributed by atoms with Crippen LogP contribution in [0, 0.1) is 12.8 Å². The molecule has 0 aromatic heterocycles. The normalized spacial score (nSPS) is 12.5. The molecule has 0 radical (unpaired) electrons. The molecule has 0 saturated carbocycles. The zero-order valence-corrected chi connectivity index (χ0v) is 7.95. The summed E-state index contributed by atoms with van der Waals surface area (Å²) in [6.45, 7) is 3.74. The molecule has 0 unspecified atom stereocenters. The third-order valence-corrected chi connectivity index (χ3v) is 2.08. The minimum atomic E-state index is -0.736. The van der Waals surface area contributed by atoms with Gasteiger partial charge in [0.2, 0.25) is 0 Å². The van der Waals surface area contributed by atoms with Crippen LogP contribution in [0.2, 0.25) is 0 Å². The predicted molar refractivity (Wildman–Crippen MR) is 51.7 cm³/mol. The molecule has 0 spiro atoms. The summed E-state index contributed by atoms with van der Waals surface area (Å²) in [4.78, 5) is 10.6. The van der Waals surface area contributed by atoms with Crippen LogP contribution in [-0.2, 0) is 11.2 Å². The number of rotatable bonds is 3. The molecule has 70 valence electrons. The number of benzene rings is 1. The van der Waals surface area contributed by atoms with E-state index >= 15 is 0 Å². The molecule has 1 atom stereocenters. The topological polar surface area (TPSA) is 37.3 Å². The molecule has 0 amide bonds. The molecule has 2 heteroatoms. The zero-order chi connectivity index (χ0) is 9.84. The molecule has 0 aliphatic rings. The first-order valence-electron chi connectivity index (χ1n) is 4.38. The van der Waals surface area contributed by atoms with Crippen LogP contribution in [-0.4, -0.2) is 11.1 Å². The van der Waals surface area contributed by atoms with Crippen LogP contribution in [0.4, 0.5) is 0 Å². The third kappa shape index (κ3) is 2.90. The van der Waals surface area contributed by atoms with Crippen molar-refractivity contribution in [2.24, 2.45) is 5.92 Å². The van der Waals surface area contributed by atoms with Gasteiger partial charge in [-0.2, -0.15) is 0 Å². The molecule has 1 aromatic carbocycles. The monoisotopic (exact) mass is 178 g/mol. The third-order valence-electron chi connectivity index (χ3n) is 2.08. The van der Waals surface area contributed by atoms with Crippen molar-refractivity contribution in [3.8, 4) is 0 Å². The first-order chi connectivity index (χ1) is 6.09. The summed E-state index contributed by atoms with van der Waals surface area (Å²) in [7, 11) is 0. The highest BCUT2D eigenvalue weighted by Crippen LogP contribution is 2.09. The Morgan fingerprint density at radius 3 is 2.38 bits per heavy atom. The second-order valence-electron chi connectivity index (χ2n) is 3.43. The molecule has 2 nitrogen and oxygen atoms in total. The Morgan fingerprint density at radius 1 is 1.38 bits per heavy atom. The Balaban J connectivity index is 2.64. The number of hydrogen-bond donors (Lipinski definition) is 1. The van der Waals surface area contributed by atoms with Gasteiger partial charge < -0.3 is 5.11 Å². The molecular weight excluding hydrogens is 164 g/mol. The molecule has 0 bridgehead atoms. The lowest BCUT2D eigenvalue weighted by Gasteiger charge is -2.05. The van der Waals surface area contributed by atoms with Crippen LogP contribution in [0.15, 0.2) is 24.3 Å². The van der Waals surface area contributed by atoms with Gasteiger partial charge >= 0.3 is 5.97 Å². The van der Waals surface area contributed by atoms with E-state index in [0.717, 1.165) is 5.56 Å². The highest BCUT2D eigenvalue weighted by atomic mass is 16.4. The fourth-order valence-corrected chi connectivity index (χ4v) is 1.17. The molecule has 1 N–H and O–H groups in total. The van der Waals surface area contributed by atoms with Crippen molar-refractivity contribution in [3.05, 3.63) is 35.4 Å². The minimum Gasteiger partial charge on any atom is -0.481 e. The van der Waals surface area contributed by atoms with Crippen molar-refractivity contribution in [2.75, 3.05) is 0 Å². The predicted octanol–water partition coefficient (Wildman–Crippen LogP) is 2.26. The number of carbonyl (C=O) groups is 1. The summed E-state index contributed by atoms with van der Waals surface area (Å²) in [5.41, 5.74) is 2.28. The lowest BCUT2D eigenvalue weighted by atomic mass is 10.0. The van der Waals surface area contributed by atoms with Gasteiger partial charge in [0.15, 0.2) is 0 Å². The highest BCUT2D eigenvalue weighted by molar-refractivity contribution is 5.69. The molecule has 0 aliphatic carbocycles. The second-order valence-corrected chi connectivity index (χ2v) is 3.43. The summed E-state index contributed by atoms with van der Waals surface area (Å²) in [6, 6.07) is 7.97. The van der Waals surface area contributed by atoms with E-state index in [9.17, 15) is 4.79 Å². The van der Waals surface area contributed by atoms with E-state index in [0.29, 0.717) is 6.42 Å². The fraction of sp³-hybridized carbons (Fsp3) is 0.364. The molecule has 0 heterocycles. The maximum Gasteiger partial charge on any atom is 0.306 e. The average Bonchev–Trinajstić information content (AvgIpc) is 2.08. The molecular formula is C11H14O2. The number of carboxylic acids is 1. The average molecular weight is 178 g/mol. The van der Waals surface area contributed by atoms with Crippen LogP contribution in [0.25, 0.3) is 0 Å². The van der Waals surface area contributed by atoms with Gasteiger partial charge in [-0.1, -0.05) is 36.8 Å². The van der Waals surface area contributed by atoms with Crippen molar-refractivity contribution >= 4 is 5.97 Å². The lowest BCUT2D eigenvalue weighted by Crippen LogP contribution is -2.12. The second kappa shape index (κ2) is 4.08. The number of aryl methyl sites for hydroxylation is 1. The zero-order valence-electron chi connectivity index (χ0n) is 7.95. The van der Waals surface area contributed by atoms with Crippen molar-refractivity contribution < 1.29 is 9.90 Å². The Bertz CT molecular complexity index is 287. The van der Waals surface area contributed by atoms with Crippen molar-refractivity contribution in [1.82, 2.24) is 0 Å². The number of hydrogen-bond acceptors (Lipinski definition) is 1. The van der Waals surface area contributed by atoms with Gasteiger partial charge in [0.05, 0.1) is 5.92 Å². The SMILES string of the molecule is Cc1ccc(C[C@H](C)C(=O)O)cc1. The van der Waals surface area contributed by atoms with Crippen LogP contribution in [0.5, 0.6) is 0 Å². The highest BCUT2D eigenvalue weighted by Gasteiger charge is 2.10. The summed E-state index contributed by atoms with van der Waals surface area (Å²) in [6.07, 6.45) is 0.607. The van der Waals surface area contributed by atoms with E-state index in [4.69, 9.17) is 5.11 Å². The summed E-state index contributed by atoms with van der Waals surface area (Å²) < 4.78 is 0. The molecule has 1 rings (SSSR count). The van der Waals surface area contributed by atoms with E-state index in [-0.39, 0.29) is 5.92 Å². The van der Waals surface area contributed by atoms with Crippen molar-refractivity contribution in [1.29, 1.82) is 0 Å². The minimum absolute atomic E-state index is 0.303. The first-order valence-corrected chi connectivity index (χ1v) is 4.38. The smallest absolute Gasteiger partial charge is 0.306 e. The van der Waals surface area contributed by atoms with Gasteiger partial charge in [0.25, 0.3) is 0 Å². The van der Waals surface area contributed by atoms with Gasteiger partial charge in [-0.25, -0.2) is 0 Å². The number of carboxylic acid groups (broad SMARTS) is 1. The van der Waals surface area contributed by atoms with Crippen molar-refractivity contribution in [2.45, 2.75) is 20.3 Å². The fourth-order valence-electron chi connectivity index (χ4n) is 1.17. The van der Waals surface area contributed by atoms with Crippen LogP contribution in [0.3, 0.4) is 0 Å². The van der Waals surface area contributed by atoms with Gasteiger partial charge in [-0.15, -0.1) is 0 Å². The number of aliphatic carboxylic acids is 1. The summed E-state index contributed by atoms with van der Waals surface area (Å²) >= 11 is 0. The molecule has 0 aliphatic heterocycles. The van der Waals surface area contributed by atoms with E-state index in [2.05, 4.69) is 0 Å². The van der Waals surface area contributed by atoms with E-state index in [1.165, 1.54) is 5.56 Å². The standard InChI is InChI=1S/C11H14O2/c1-8-3-5-10(6-4-8)7-9(2)11(12)13/h3-6,9H,7H2,1-2H3,(H,12,13)/t9-/m0/s1. The van der Waals surface area contributed by atoms with Crippen LogP contribution < -0.4 is 0 Å². The van der Waals surface area contributed by atoms with Gasteiger partial charge in [0.1, 0.15) is 0 Å². The largest absolute Gasteiger partial charge is 0.481 e. The maximum atomic E-state index is 10.6. The van der Waals surface area contributed by atoms with Crippen molar-refractivity contribution in [3.63, 3.8) is 0 Å². The summed E-state index contributed by atoms with van der Waals surface area (Å²) in [5, 5.41) is 8.70. The Hall–Kier alpha value is -1.31. The van der Waals surface area contributed by atoms with Crippen LogP contribution >= 0.6 is 0 Å². The molecule has 0 saturated heterocycles. The Kier molecular flexibility index (Phi) is 3.07. The van der Waals surface area contributed by atoms with Crippen LogP contribution in [0.1, 0.15) is 18.1 Å². The molecule has 13 heavy (non-hydrogen) atoms.